The molecule has 0 saturated carbocycles. The normalized spacial score (nSPS) is 11.7. The summed E-state index contributed by atoms with van der Waals surface area (Å²) in [6.07, 6.45) is 20.6. The van der Waals surface area contributed by atoms with E-state index in [0.29, 0.717) is 5.75 Å². The molecule has 3 aromatic rings. The molecule has 0 heterocycles. The molecular weight excluding hydrogens is 484 g/mol. The number of benzene rings is 3. The van der Waals surface area contributed by atoms with Gasteiger partial charge in [0.05, 0.1) is 0 Å². The molecule has 0 aliphatic heterocycles. The zero-order valence-electron chi connectivity index (χ0n) is 26.1. The van der Waals surface area contributed by atoms with Crippen LogP contribution in [0.25, 0.3) is 11.1 Å². The lowest BCUT2D eigenvalue weighted by Gasteiger charge is -2.33. The van der Waals surface area contributed by atoms with Crippen molar-refractivity contribution in [2.75, 3.05) is 0 Å². The Hall–Kier alpha value is -2.54. The van der Waals surface area contributed by atoms with Gasteiger partial charge in [-0.1, -0.05) is 165 Å². The van der Waals surface area contributed by atoms with Crippen LogP contribution in [-0.2, 0) is 18.3 Å². The number of rotatable bonds is 19. The number of phenols is 1. The summed E-state index contributed by atoms with van der Waals surface area (Å²) in [6, 6.07) is 23.6. The molecule has 0 radical (unpaired) electrons. The first-order valence-electron chi connectivity index (χ1n) is 16.5. The average molecular weight is 541 g/mol. The van der Waals surface area contributed by atoms with Crippen LogP contribution in [0.1, 0.15) is 140 Å². The highest BCUT2D eigenvalue weighted by molar-refractivity contribution is 5.78. The summed E-state index contributed by atoms with van der Waals surface area (Å²) in [5, 5.41) is 11.6. The van der Waals surface area contributed by atoms with Gasteiger partial charge in [0, 0.05) is 11.0 Å². The van der Waals surface area contributed by atoms with Gasteiger partial charge in [-0.3, -0.25) is 0 Å². The van der Waals surface area contributed by atoms with Crippen molar-refractivity contribution in [2.45, 2.75) is 136 Å². The SMILES string of the molecule is CCCCCCCCCCCCc1c(CCCCCC)cc(O)c(-c2ccccc2)c1C(C)(C)c1ccccc1. The van der Waals surface area contributed by atoms with Gasteiger partial charge >= 0.3 is 0 Å². The molecule has 1 N–H and O–H groups in total. The summed E-state index contributed by atoms with van der Waals surface area (Å²) in [6.45, 7) is 9.27. The van der Waals surface area contributed by atoms with Gasteiger partial charge in [0.15, 0.2) is 0 Å². The number of aromatic hydroxyl groups is 1. The maximum absolute atomic E-state index is 11.6. The molecule has 0 amide bonds. The minimum absolute atomic E-state index is 0.225. The highest BCUT2D eigenvalue weighted by Gasteiger charge is 2.32. The molecule has 0 aliphatic rings. The van der Waals surface area contributed by atoms with Crippen molar-refractivity contribution in [1.82, 2.24) is 0 Å². The third kappa shape index (κ3) is 9.25. The molecule has 3 rings (SSSR count). The second-order valence-electron chi connectivity index (χ2n) is 12.4. The monoisotopic (exact) mass is 540 g/mol. The van der Waals surface area contributed by atoms with Gasteiger partial charge < -0.3 is 5.11 Å². The standard InChI is InChI=1S/C39H56O/c1-5-7-9-11-12-13-14-15-16-24-30-35-33(27-19-10-8-6-2)31-36(40)37(32-25-20-17-21-26-32)38(35)39(3,4)34-28-22-18-23-29-34/h17-18,20-23,25-26,28-29,31,40H,5-16,19,24,27,30H2,1-4H3. The van der Waals surface area contributed by atoms with Crippen molar-refractivity contribution >= 4 is 0 Å². The molecular formula is C39H56O. The van der Waals surface area contributed by atoms with E-state index in [9.17, 15) is 5.11 Å². The summed E-state index contributed by atoms with van der Waals surface area (Å²) in [5.74, 6) is 0.433. The minimum Gasteiger partial charge on any atom is -0.507 e. The predicted octanol–water partition coefficient (Wildman–Crippen LogP) is 12.0. The van der Waals surface area contributed by atoms with Crippen LogP contribution in [0, 0.1) is 0 Å². The quantitative estimate of drug-likeness (QED) is 0.150. The van der Waals surface area contributed by atoms with Crippen molar-refractivity contribution in [3.8, 4) is 16.9 Å². The Bertz CT molecular complexity index is 1100. The first kappa shape index (κ1) is 32.0. The zero-order chi connectivity index (χ0) is 28.6. The first-order chi connectivity index (χ1) is 19.5. The van der Waals surface area contributed by atoms with E-state index < -0.39 is 0 Å². The van der Waals surface area contributed by atoms with E-state index in [1.807, 2.05) is 0 Å². The summed E-state index contributed by atoms with van der Waals surface area (Å²) in [4.78, 5) is 0. The van der Waals surface area contributed by atoms with Crippen LogP contribution in [-0.4, -0.2) is 5.11 Å². The molecule has 0 aromatic heterocycles. The van der Waals surface area contributed by atoms with E-state index in [1.165, 1.54) is 112 Å². The molecule has 0 fully saturated rings. The molecule has 0 bridgehead atoms. The van der Waals surface area contributed by atoms with E-state index in [1.54, 1.807) is 0 Å². The van der Waals surface area contributed by atoms with E-state index in [4.69, 9.17) is 0 Å². The molecule has 0 saturated heterocycles. The van der Waals surface area contributed by atoms with Crippen molar-refractivity contribution in [3.63, 3.8) is 0 Å². The third-order valence-electron chi connectivity index (χ3n) is 8.77. The Morgan fingerprint density at radius 2 is 1.05 bits per heavy atom. The average Bonchev–Trinajstić information content (AvgIpc) is 2.97. The molecule has 3 aromatic carbocycles. The Kier molecular flexibility index (Phi) is 13.8. The topological polar surface area (TPSA) is 20.2 Å². The van der Waals surface area contributed by atoms with Crippen molar-refractivity contribution < 1.29 is 5.11 Å². The molecule has 1 heteroatoms. The molecule has 0 aliphatic carbocycles. The maximum atomic E-state index is 11.6. The minimum atomic E-state index is -0.225. The smallest absolute Gasteiger partial charge is 0.124 e. The van der Waals surface area contributed by atoms with Crippen LogP contribution in [0.4, 0.5) is 0 Å². The van der Waals surface area contributed by atoms with Gasteiger partial charge in [-0.25, -0.2) is 0 Å². The Morgan fingerprint density at radius 3 is 1.62 bits per heavy atom. The largest absolute Gasteiger partial charge is 0.507 e. The van der Waals surface area contributed by atoms with E-state index in [0.717, 1.165) is 24.0 Å². The zero-order valence-corrected chi connectivity index (χ0v) is 26.1. The number of hydrogen-bond donors (Lipinski definition) is 1. The molecule has 40 heavy (non-hydrogen) atoms. The van der Waals surface area contributed by atoms with Gasteiger partial charge in [0.25, 0.3) is 0 Å². The van der Waals surface area contributed by atoms with Crippen LogP contribution >= 0.6 is 0 Å². The summed E-state index contributed by atoms with van der Waals surface area (Å²) >= 11 is 0. The Labute approximate surface area is 246 Å². The van der Waals surface area contributed by atoms with Crippen LogP contribution in [0.15, 0.2) is 66.7 Å². The molecule has 0 spiro atoms. The Morgan fingerprint density at radius 1 is 0.575 bits per heavy atom. The second kappa shape index (κ2) is 17.3. The number of hydrogen-bond acceptors (Lipinski definition) is 1. The lowest BCUT2D eigenvalue weighted by atomic mass is 9.70. The van der Waals surface area contributed by atoms with Crippen molar-refractivity contribution in [1.29, 1.82) is 0 Å². The first-order valence-corrected chi connectivity index (χ1v) is 16.5. The lowest BCUT2D eigenvalue weighted by molar-refractivity contribution is 0.472. The lowest BCUT2D eigenvalue weighted by Crippen LogP contribution is -2.23. The van der Waals surface area contributed by atoms with E-state index in [-0.39, 0.29) is 5.41 Å². The van der Waals surface area contributed by atoms with Gasteiger partial charge in [-0.05, 0) is 59.6 Å². The van der Waals surface area contributed by atoms with Crippen molar-refractivity contribution in [2.24, 2.45) is 0 Å². The van der Waals surface area contributed by atoms with Gasteiger partial charge in [0.1, 0.15) is 5.75 Å². The fraction of sp³-hybridized carbons (Fsp3) is 0.538. The van der Waals surface area contributed by atoms with Gasteiger partial charge in [-0.2, -0.15) is 0 Å². The van der Waals surface area contributed by atoms with E-state index in [2.05, 4.69) is 94.4 Å². The molecule has 218 valence electrons. The summed E-state index contributed by atoms with van der Waals surface area (Å²) in [5.41, 5.74) is 7.39. The predicted molar refractivity (Wildman–Crippen MR) is 176 cm³/mol. The number of unbranched alkanes of at least 4 members (excludes halogenated alkanes) is 12. The second-order valence-corrected chi connectivity index (χ2v) is 12.4. The highest BCUT2D eigenvalue weighted by Crippen LogP contribution is 2.46. The molecule has 0 unspecified atom stereocenters. The fourth-order valence-corrected chi connectivity index (χ4v) is 6.39. The van der Waals surface area contributed by atoms with Crippen LogP contribution in [0.3, 0.4) is 0 Å². The van der Waals surface area contributed by atoms with Crippen LogP contribution in [0.5, 0.6) is 5.75 Å². The fourth-order valence-electron chi connectivity index (χ4n) is 6.39. The van der Waals surface area contributed by atoms with Crippen LogP contribution in [0.2, 0.25) is 0 Å². The molecule has 0 atom stereocenters. The molecule has 1 nitrogen and oxygen atoms in total. The van der Waals surface area contributed by atoms with Gasteiger partial charge in [-0.15, -0.1) is 0 Å². The van der Waals surface area contributed by atoms with E-state index >= 15 is 0 Å². The summed E-state index contributed by atoms with van der Waals surface area (Å²) in [7, 11) is 0. The highest BCUT2D eigenvalue weighted by atomic mass is 16.3. The Balaban J connectivity index is 1.92. The number of aryl methyl sites for hydroxylation is 1. The third-order valence-corrected chi connectivity index (χ3v) is 8.77. The van der Waals surface area contributed by atoms with Crippen molar-refractivity contribution in [3.05, 3.63) is 89.0 Å². The van der Waals surface area contributed by atoms with Crippen LogP contribution < -0.4 is 0 Å². The number of phenolic OH excluding ortho intramolecular Hbond substituents is 1. The van der Waals surface area contributed by atoms with Gasteiger partial charge in [0.2, 0.25) is 0 Å². The maximum Gasteiger partial charge on any atom is 0.124 e. The summed E-state index contributed by atoms with van der Waals surface area (Å²) < 4.78 is 0.